The van der Waals surface area contributed by atoms with Gasteiger partial charge in [0.05, 0.1) is 13.0 Å². The second-order valence-electron chi connectivity index (χ2n) is 6.00. The molecule has 22 heavy (non-hydrogen) atoms. The number of aliphatic hydroxyl groups is 1. The minimum absolute atomic E-state index is 0. The monoisotopic (exact) mass is 327 g/mol. The Kier molecular flexibility index (Phi) is 11.2. The number of ketones is 1. The van der Waals surface area contributed by atoms with Crippen LogP contribution in [0.2, 0.25) is 0 Å². The molecule has 0 amide bonds. The second kappa shape index (κ2) is 11.6. The van der Waals surface area contributed by atoms with E-state index in [1.54, 1.807) is 0 Å². The van der Waals surface area contributed by atoms with Crippen molar-refractivity contribution in [2.24, 2.45) is 5.92 Å². The standard InChI is InChI=1S/C18H29NO2.ClH/c1-4-5-9-14(2)17(20)12-13-19-15(3)18(21)16-10-7-6-8-11-16;/h6-8,10-11,14-15,18-19,21H,4-5,9,12-13H2,1-3H3;1H. The van der Waals surface area contributed by atoms with Gasteiger partial charge in [-0.3, -0.25) is 4.79 Å². The third-order valence-corrected chi connectivity index (χ3v) is 4.11. The first-order valence-electron chi connectivity index (χ1n) is 8.15. The zero-order valence-corrected chi connectivity index (χ0v) is 14.7. The summed E-state index contributed by atoms with van der Waals surface area (Å²) in [7, 11) is 0. The van der Waals surface area contributed by atoms with Gasteiger partial charge in [-0.15, -0.1) is 0 Å². The van der Waals surface area contributed by atoms with Gasteiger partial charge in [-0.1, -0.05) is 57.0 Å². The summed E-state index contributed by atoms with van der Waals surface area (Å²) in [5, 5.41) is 12.3. The lowest BCUT2D eigenvalue weighted by Gasteiger charge is -2.18. The molecule has 0 aliphatic heterocycles. The molecule has 0 saturated heterocycles. The summed E-state index contributed by atoms with van der Waals surface area (Å²) in [4.78, 5) is 12.0. The van der Waals surface area contributed by atoms with Crippen molar-refractivity contribution in [3.63, 3.8) is 0 Å². The van der Waals surface area contributed by atoms with Gasteiger partial charge in [0, 0.05) is 5.92 Å². The van der Waals surface area contributed by atoms with Crippen molar-refractivity contribution in [3.05, 3.63) is 35.9 Å². The molecule has 3 unspecified atom stereocenters. The number of Topliss-reactive ketones (excluding diaryl/α,β-unsaturated/α-hetero) is 1. The number of quaternary nitrogens is 1. The van der Waals surface area contributed by atoms with Crippen molar-refractivity contribution in [2.45, 2.75) is 58.6 Å². The van der Waals surface area contributed by atoms with Gasteiger partial charge in [0.15, 0.2) is 0 Å². The Balaban J connectivity index is 0.00000441. The molecular formula is C18H30ClNO2. The Morgan fingerprint density at radius 1 is 1.23 bits per heavy atom. The third kappa shape index (κ3) is 7.39. The molecule has 1 aromatic rings. The topological polar surface area (TPSA) is 53.9 Å². The summed E-state index contributed by atoms with van der Waals surface area (Å²) in [6, 6.07) is 9.75. The molecule has 0 aliphatic carbocycles. The van der Waals surface area contributed by atoms with E-state index in [9.17, 15) is 9.90 Å². The van der Waals surface area contributed by atoms with Crippen LogP contribution in [-0.2, 0) is 4.79 Å². The highest BCUT2D eigenvalue weighted by molar-refractivity contribution is 5.80. The van der Waals surface area contributed by atoms with Crippen LogP contribution in [0.15, 0.2) is 30.3 Å². The van der Waals surface area contributed by atoms with Gasteiger partial charge in [-0.05, 0) is 18.9 Å². The predicted molar refractivity (Wildman–Crippen MR) is 86.0 cm³/mol. The van der Waals surface area contributed by atoms with Crippen molar-refractivity contribution in [1.82, 2.24) is 0 Å². The Bertz CT molecular complexity index is 411. The molecule has 0 saturated carbocycles. The molecule has 3 N–H and O–H groups in total. The molecule has 1 aromatic carbocycles. The molecule has 0 fully saturated rings. The van der Waals surface area contributed by atoms with Gasteiger partial charge >= 0.3 is 0 Å². The first-order chi connectivity index (χ1) is 10.1. The van der Waals surface area contributed by atoms with Crippen molar-refractivity contribution in [1.29, 1.82) is 0 Å². The van der Waals surface area contributed by atoms with E-state index >= 15 is 0 Å². The Labute approximate surface area is 140 Å². The van der Waals surface area contributed by atoms with E-state index in [-0.39, 0.29) is 24.4 Å². The fraction of sp³-hybridized carbons (Fsp3) is 0.611. The number of aliphatic hydroxyl groups excluding tert-OH is 1. The molecular weight excluding hydrogens is 298 g/mol. The zero-order chi connectivity index (χ0) is 15.7. The maximum atomic E-state index is 12.0. The zero-order valence-electron chi connectivity index (χ0n) is 14.0. The quantitative estimate of drug-likeness (QED) is 0.606. The van der Waals surface area contributed by atoms with E-state index in [0.29, 0.717) is 12.2 Å². The van der Waals surface area contributed by atoms with Crippen molar-refractivity contribution in [3.8, 4) is 0 Å². The summed E-state index contributed by atoms with van der Waals surface area (Å²) in [6.07, 6.45) is 3.37. The minimum atomic E-state index is -0.487. The third-order valence-electron chi connectivity index (χ3n) is 4.11. The molecule has 0 aliphatic rings. The SMILES string of the molecule is CCCCC(C)C(=O)CC[NH2+]C(C)C(O)c1ccccc1.[Cl-]. The largest absolute Gasteiger partial charge is 1.00 e. The lowest BCUT2D eigenvalue weighted by molar-refractivity contribution is -0.693. The average molecular weight is 328 g/mol. The van der Waals surface area contributed by atoms with E-state index < -0.39 is 6.10 Å². The molecule has 0 aromatic heterocycles. The molecule has 3 atom stereocenters. The van der Waals surface area contributed by atoms with E-state index in [1.165, 1.54) is 0 Å². The molecule has 0 heterocycles. The van der Waals surface area contributed by atoms with E-state index in [2.05, 4.69) is 12.2 Å². The fourth-order valence-electron chi connectivity index (χ4n) is 2.49. The van der Waals surface area contributed by atoms with E-state index in [4.69, 9.17) is 0 Å². The van der Waals surface area contributed by atoms with E-state index in [0.717, 1.165) is 31.4 Å². The van der Waals surface area contributed by atoms with Crippen molar-refractivity contribution in [2.75, 3.05) is 6.54 Å². The van der Waals surface area contributed by atoms with Gasteiger partial charge in [-0.25, -0.2) is 0 Å². The predicted octanol–water partition coefficient (Wildman–Crippen LogP) is -0.539. The maximum Gasteiger partial charge on any atom is 0.141 e. The first kappa shape index (κ1) is 21.1. The second-order valence-corrected chi connectivity index (χ2v) is 6.00. The molecule has 0 bridgehead atoms. The lowest BCUT2D eigenvalue weighted by atomic mass is 9.97. The Morgan fingerprint density at radius 2 is 1.86 bits per heavy atom. The highest BCUT2D eigenvalue weighted by atomic mass is 35.5. The number of benzene rings is 1. The van der Waals surface area contributed by atoms with Crippen LogP contribution in [0.5, 0.6) is 0 Å². The van der Waals surface area contributed by atoms with Gasteiger partial charge in [-0.2, -0.15) is 0 Å². The molecule has 1 rings (SSSR count). The summed E-state index contributed by atoms with van der Waals surface area (Å²) in [5.74, 6) is 0.522. The average Bonchev–Trinajstić information content (AvgIpc) is 2.52. The Hall–Kier alpha value is -0.900. The van der Waals surface area contributed by atoms with Gasteiger partial charge in [0.25, 0.3) is 0 Å². The van der Waals surface area contributed by atoms with Crippen LogP contribution in [-0.4, -0.2) is 23.5 Å². The first-order valence-corrected chi connectivity index (χ1v) is 8.15. The fourth-order valence-corrected chi connectivity index (χ4v) is 2.49. The molecule has 126 valence electrons. The number of halogens is 1. The summed E-state index contributed by atoms with van der Waals surface area (Å²) in [6.45, 7) is 6.93. The van der Waals surface area contributed by atoms with Gasteiger partial charge < -0.3 is 22.8 Å². The Morgan fingerprint density at radius 3 is 2.45 bits per heavy atom. The van der Waals surface area contributed by atoms with Crippen molar-refractivity contribution < 1.29 is 27.6 Å². The molecule has 0 radical (unpaired) electrons. The number of carbonyl (C=O) groups excluding carboxylic acids is 1. The van der Waals surface area contributed by atoms with Crippen LogP contribution >= 0.6 is 0 Å². The van der Waals surface area contributed by atoms with Crippen LogP contribution in [0.3, 0.4) is 0 Å². The van der Waals surface area contributed by atoms with Crippen LogP contribution < -0.4 is 17.7 Å². The number of hydrogen-bond acceptors (Lipinski definition) is 2. The highest BCUT2D eigenvalue weighted by Gasteiger charge is 2.20. The summed E-state index contributed by atoms with van der Waals surface area (Å²) < 4.78 is 0. The number of unbranched alkanes of at least 4 members (excludes halogenated alkanes) is 1. The smallest absolute Gasteiger partial charge is 0.141 e. The van der Waals surface area contributed by atoms with Gasteiger partial charge in [0.2, 0.25) is 0 Å². The van der Waals surface area contributed by atoms with Gasteiger partial charge in [0.1, 0.15) is 17.9 Å². The maximum absolute atomic E-state index is 12.0. The number of nitrogens with two attached hydrogens (primary N) is 1. The van der Waals surface area contributed by atoms with Crippen LogP contribution in [0.4, 0.5) is 0 Å². The minimum Gasteiger partial charge on any atom is -1.00 e. The van der Waals surface area contributed by atoms with Crippen molar-refractivity contribution >= 4 is 5.78 Å². The normalized spacial score (nSPS) is 14.7. The van der Waals surface area contributed by atoms with Crippen LogP contribution in [0.25, 0.3) is 0 Å². The highest BCUT2D eigenvalue weighted by Crippen LogP contribution is 2.14. The molecule has 4 heteroatoms. The molecule has 0 spiro atoms. The number of hydrogen-bond donors (Lipinski definition) is 2. The lowest BCUT2D eigenvalue weighted by Crippen LogP contribution is -3.00. The molecule has 3 nitrogen and oxygen atoms in total. The van der Waals surface area contributed by atoms with Crippen LogP contribution in [0.1, 0.15) is 58.1 Å². The van der Waals surface area contributed by atoms with Crippen LogP contribution in [0, 0.1) is 5.92 Å². The summed E-state index contributed by atoms with van der Waals surface area (Å²) in [5.41, 5.74) is 0.934. The van der Waals surface area contributed by atoms with E-state index in [1.807, 2.05) is 44.2 Å². The summed E-state index contributed by atoms with van der Waals surface area (Å²) >= 11 is 0. The number of carbonyl (C=O) groups is 1. The number of rotatable bonds is 10.